The van der Waals surface area contributed by atoms with Gasteiger partial charge in [-0.05, 0) is 24.6 Å². The third-order valence-corrected chi connectivity index (χ3v) is 3.60. The van der Waals surface area contributed by atoms with Crippen LogP contribution in [0.1, 0.15) is 19.8 Å². The van der Waals surface area contributed by atoms with Crippen LogP contribution in [-0.4, -0.2) is 27.5 Å². The first-order chi connectivity index (χ1) is 9.29. The SMILES string of the molecule is CCC[C@@H](N)C(=O)Nc1cc(S(N)(=O)=O)ccc1OC. The first-order valence-electron chi connectivity index (χ1n) is 6.07. The molecule has 0 heterocycles. The fourth-order valence-electron chi connectivity index (χ4n) is 1.63. The molecular weight excluding hydrogens is 282 g/mol. The van der Waals surface area contributed by atoms with Gasteiger partial charge in [0.1, 0.15) is 5.75 Å². The van der Waals surface area contributed by atoms with E-state index in [4.69, 9.17) is 15.6 Å². The molecule has 1 aromatic rings. The van der Waals surface area contributed by atoms with Crippen LogP contribution in [0.5, 0.6) is 5.75 Å². The molecule has 0 saturated carbocycles. The zero-order chi connectivity index (χ0) is 15.3. The Hall–Kier alpha value is -1.64. The number of rotatable bonds is 6. The number of nitrogens with one attached hydrogen (secondary N) is 1. The Bertz CT molecular complexity index is 586. The van der Waals surface area contributed by atoms with Gasteiger partial charge in [-0.2, -0.15) is 0 Å². The average Bonchev–Trinajstić information content (AvgIpc) is 2.37. The summed E-state index contributed by atoms with van der Waals surface area (Å²) in [6, 6.07) is 3.30. The lowest BCUT2D eigenvalue weighted by Gasteiger charge is -2.14. The van der Waals surface area contributed by atoms with E-state index < -0.39 is 22.0 Å². The number of methoxy groups -OCH3 is 1. The smallest absolute Gasteiger partial charge is 0.241 e. The minimum atomic E-state index is -3.85. The number of carbonyl (C=O) groups excluding carboxylic acids is 1. The highest BCUT2D eigenvalue weighted by Gasteiger charge is 2.17. The maximum Gasteiger partial charge on any atom is 0.241 e. The van der Waals surface area contributed by atoms with Crippen molar-refractivity contribution in [2.24, 2.45) is 10.9 Å². The molecule has 0 fully saturated rings. The molecule has 1 amide bonds. The summed E-state index contributed by atoms with van der Waals surface area (Å²) in [6.45, 7) is 1.91. The third kappa shape index (κ3) is 4.19. The summed E-state index contributed by atoms with van der Waals surface area (Å²) in [4.78, 5) is 11.7. The van der Waals surface area contributed by atoms with E-state index in [2.05, 4.69) is 5.32 Å². The summed E-state index contributed by atoms with van der Waals surface area (Å²) in [5, 5.41) is 7.60. The minimum Gasteiger partial charge on any atom is -0.495 e. The van der Waals surface area contributed by atoms with Crippen molar-refractivity contribution in [3.63, 3.8) is 0 Å². The van der Waals surface area contributed by atoms with Crippen LogP contribution in [0.25, 0.3) is 0 Å². The third-order valence-electron chi connectivity index (χ3n) is 2.69. The predicted octanol–water partition coefficient (Wildman–Crippen LogP) is 0.409. The Labute approximate surface area is 118 Å². The molecule has 0 radical (unpaired) electrons. The molecular formula is C12H19N3O4S. The summed E-state index contributed by atoms with van der Waals surface area (Å²) in [5.74, 6) is -0.0776. The van der Waals surface area contributed by atoms with Crippen molar-refractivity contribution in [1.29, 1.82) is 0 Å². The van der Waals surface area contributed by atoms with Gasteiger partial charge < -0.3 is 15.8 Å². The normalized spacial score (nSPS) is 12.8. The first-order valence-corrected chi connectivity index (χ1v) is 7.61. The van der Waals surface area contributed by atoms with Crippen LogP contribution in [0.2, 0.25) is 0 Å². The van der Waals surface area contributed by atoms with E-state index >= 15 is 0 Å². The number of carbonyl (C=O) groups is 1. The van der Waals surface area contributed by atoms with Crippen molar-refractivity contribution < 1.29 is 17.9 Å². The van der Waals surface area contributed by atoms with Crippen LogP contribution in [0, 0.1) is 0 Å². The lowest BCUT2D eigenvalue weighted by molar-refractivity contribution is -0.117. The van der Waals surface area contributed by atoms with Gasteiger partial charge in [0.05, 0.1) is 23.7 Å². The molecule has 5 N–H and O–H groups in total. The first kappa shape index (κ1) is 16.4. The lowest BCUT2D eigenvalue weighted by Crippen LogP contribution is -2.35. The standard InChI is InChI=1S/C12H19N3O4S/c1-3-4-9(13)12(16)15-10-7-8(20(14,17)18)5-6-11(10)19-2/h5-7,9H,3-4,13H2,1-2H3,(H,15,16)(H2,14,17,18)/t9-/m1/s1. The summed E-state index contributed by atoms with van der Waals surface area (Å²) >= 11 is 0. The van der Waals surface area contributed by atoms with Crippen LogP contribution in [0.15, 0.2) is 23.1 Å². The van der Waals surface area contributed by atoms with E-state index in [0.717, 1.165) is 6.42 Å². The number of amides is 1. The molecule has 112 valence electrons. The summed E-state index contributed by atoms with van der Waals surface area (Å²) in [6.07, 6.45) is 1.30. The summed E-state index contributed by atoms with van der Waals surface area (Å²) in [5.41, 5.74) is 5.91. The lowest BCUT2D eigenvalue weighted by atomic mass is 10.1. The molecule has 0 spiro atoms. The van der Waals surface area contributed by atoms with Crippen LogP contribution in [0.4, 0.5) is 5.69 Å². The maximum absolute atomic E-state index is 11.9. The van der Waals surface area contributed by atoms with Crippen molar-refractivity contribution >= 4 is 21.6 Å². The highest BCUT2D eigenvalue weighted by molar-refractivity contribution is 7.89. The van der Waals surface area contributed by atoms with E-state index in [1.165, 1.54) is 25.3 Å². The highest BCUT2D eigenvalue weighted by atomic mass is 32.2. The van der Waals surface area contributed by atoms with Gasteiger partial charge in [-0.25, -0.2) is 13.6 Å². The second-order valence-corrected chi connectivity index (χ2v) is 5.85. The van der Waals surface area contributed by atoms with Crippen molar-refractivity contribution in [2.45, 2.75) is 30.7 Å². The molecule has 0 aromatic heterocycles. The van der Waals surface area contributed by atoms with Gasteiger partial charge in [-0.1, -0.05) is 13.3 Å². The monoisotopic (exact) mass is 301 g/mol. The number of benzene rings is 1. The number of primary sulfonamides is 1. The van der Waals surface area contributed by atoms with Crippen LogP contribution in [-0.2, 0) is 14.8 Å². The van der Waals surface area contributed by atoms with Crippen molar-refractivity contribution in [1.82, 2.24) is 0 Å². The predicted molar refractivity (Wildman–Crippen MR) is 75.9 cm³/mol. The molecule has 0 aliphatic carbocycles. The molecule has 20 heavy (non-hydrogen) atoms. The molecule has 1 aromatic carbocycles. The van der Waals surface area contributed by atoms with Crippen LogP contribution >= 0.6 is 0 Å². The molecule has 0 unspecified atom stereocenters. The average molecular weight is 301 g/mol. The highest BCUT2D eigenvalue weighted by Crippen LogP contribution is 2.27. The summed E-state index contributed by atoms with van der Waals surface area (Å²) < 4.78 is 27.7. The van der Waals surface area contributed by atoms with Gasteiger partial charge >= 0.3 is 0 Å². The van der Waals surface area contributed by atoms with E-state index in [0.29, 0.717) is 12.2 Å². The van der Waals surface area contributed by atoms with Gasteiger partial charge in [0.2, 0.25) is 15.9 Å². The largest absolute Gasteiger partial charge is 0.495 e. The van der Waals surface area contributed by atoms with Gasteiger partial charge in [0.25, 0.3) is 0 Å². The molecule has 1 rings (SSSR count). The molecule has 1 atom stereocenters. The van der Waals surface area contributed by atoms with Crippen molar-refractivity contribution in [2.75, 3.05) is 12.4 Å². The number of nitrogens with two attached hydrogens (primary N) is 2. The Morgan fingerprint density at radius 1 is 1.45 bits per heavy atom. The Morgan fingerprint density at radius 2 is 2.10 bits per heavy atom. The zero-order valence-electron chi connectivity index (χ0n) is 11.4. The second kappa shape index (κ2) is 6.69. The number of anilines is 1. The maximum atomic E-state index is 11.9. The van der Waals surface area contributed by atoms with E-state index in [1.807, 2.05) is 6.92 Å². The Morgan fingerprint density at radius 3 is 2.60 bits per heavy atom. The molecule has 0 bridgehead atoms. The van der Waals surface area contributed by atoms with Crippen LogP contribution < -0.4 is 20.9 Å². The summed E-state index contributed by atoms with van der Waals surface area (Å²) in [7, 11) is -2.44. The van der Waals surface area contributed by atoms with E-state index in [1.54, 1.807) is 0 Å². The number of ether oxygens (including phenoxy) is 1. The topological polar surface area (TPSA) is 125 Å². The van der Waals surface area contributed by atoms with Gasteiger partial charge in [0, 0.05) is 0 Å². The fourth-order valence-corrected chi connectivity index (χ4v) is 2.17. The molecule has 7 nitrogen and oxygen atoms in total. The molecule has 8 heteroatoms. The van der Waals surface area contributed by atoms with Crippen LogP contribution in [0.3, 0.4) is 0 Å². The van der Waals surface area contributed by atoms with E-state index in [-0.39, 0.29) is 10.6 Å². The van der Waals surface area contributed by atoms with Crippen molar-refractivity contribution in [3.8, 4) is 5.75 Å². The zero-order valence-corrected chi connectivity index (χ0v) is 12.2. The van der Waals surface area contributed by atoms with Crippen molar-refractivity contribution in [3.05, 3.63) is 18.2 Å². The molecule has 0 saturated heterocycles. The number of sulfonamides is 1. The molecule has 0 aliphatic heterocycles. The van der Waals surface area contributed by atoms with Gasteiger partial charge in [0.15, 0.2) is 0 Å². The Kier molecular flexibility index (Phi) is 5.49. The number of hydrogen-bond acceptors (Lipinski definition) is 5. The number of hydrogen-bond donors (Lipinski definition) is 3. The molecule has 0 aliphatic rings. The van der Waals surface area contributed by atoms with E-state index in [9.17, 15) is 13.2 Å². The van der Waals surface area contributed by atoms with Gasteiger partial charge in [-0.15, -0.1) is 0 Å². The second-order valence-electron chi connectivity index (χ2n) is 4.29. The minimum absolute atomic E-state index is 0.113. The Balaban J connectivity index is 3.06. The van der Waals surface area contributed by atoms with Gasteiger partial charge in [-0.3, -0.25) is 4.79 Å². The fraction of sp³-hybridized carbons (Fsp3) is 0.417. The quantitative estimate of drug-likeness (QED) is 0.701.